The van der Waals surface area contributed by atoms with E-state index in [4.69, 9.17) is 9.73 Å². The molecule has 1 N–H and O–H groups in total. The predicted octanol–water partition coefficient (Wildman–Crippen LogP) is 1.56. The number of carbonyl (C=O) groups is 1. The van der Waals surface area contributed by atoms with Crippen molar-refractivity contribution in [2.45, 2.75) is 13.8 Å². The molecular weight excluding hydrogens is 507 g/mol. The van der Waals surface area contributed by atoms with Crippen molar-refractivity contribution in [3.63, 3.8) is 0 Å². The van der Waals surface area contributed by atoms with E-state index in [1.807, 2.05) is 17.0 Å². The van der Waals surface area contributed by atoms with Crippen LogP contribution in [0.25, 0.3) is 0 Å². The Kier molecular flexibility index (Phi) is 10.7. The first-order valence-electron chi connectivity index (χ1n) is 11.0. The Morgan fingerprint density at radius 3 is 2.29 bits per heavy atom. The first-order valence-corrected chi connectivity index (χ1v) is 11.0. The van der Waals surface area contributed by atoms with E-state index in [9.17, 15) is 4.79 Å². The van der Waals surface area contributed by atoms with Crippen LogP contribution >= 0.6 is 24.0 Å². The molecule has 1 amide bonds. The number of halogens is 1. The van der Waals surface area contributed by atoms with Crippen molar-refractivity contribution in [1.29, 1.82) is 0 Å². The summed E-state index contributed by atoms with van der Waals surface area (Å²) < 4.78 is 5.52. The zero-order chi connectivity index (χ0) is 21.3. The highest BCUT2D eigenvalue weighted by Gasteiger charge is 2.22. The summed E-state index contributed by atoms with van der Waals surface area (Å²) in [5, 5.41) is 3.45. The number of piperazine rings is 2. The number of hydrogen-bond acceptors (Lipinski definition) is 5. The maximum atomic E-state index is 11.5. The van der Waals surface area contributed by atoms with Gasteiger partial charge < -0.3 is 24.8 Å². The van der Waals surface area contributed by atoms with Crippen molar-refractivity contribution in [3.8, 4) is 5.75 Å². The number of rotatable bonds is 6. The van der Waals surface area contributed by atoms with E-state index in [0.29, 0.717) is 0 Å². The molecule has 8 nitrogen and oxygen atoms in total. The largest absolute Gasteiger partial charge is 0.495 e. The molecule has 0 atom stereocenters. The average Bonchev–Trinajstić information content (AvgIpc) is 2.79. The van der Waals surface area contributed by atoms with Crippen LogP contribution in [0.2, 0.25) is 0 Å². The number of nitrogens with one attached hydrogen (secondary N) is 1. The highest BCUT2D eigenvalue weighted by Crippen LogP contribution is 2.28. The van der Waals surface area contributed by atoms with Gasteiger partial charge in [-0.3, -0.25) is 14.7 Å². The number of benzene rings is 1. The first-order chi connectivity index (χ1) is 14.6. The molecule has 31 heavy (non-hydrogen) atoms. The molecule has 2 heterocycles. The lowest BCUT2D eigenvalue weighted by molar-refractivity contribution is -0.130. The smallest absolute Gasteiger partial charge is 0.219 e. The average molecular weight is 544 g/mol. The molecule has 0 aromatic heterocycles. The van der Waals surface area contributed by atoms with Crippen LogP contribution in [0, 0.1) is 0 Å². The lowest BCUT2D eigenvalue weighted by atomic mass is 10.2. The Hall–Kier alpha value is -1.75. The Bertz CT molecular complexity index is 716. The minimum Gasteiger partial charge on any atom is -0.495 e. The number of hydrogen-bond donors (Lipinski definition) is 1. The molecule has 1 aromatic carbocycles. The fourth-order valence-electron chi connectivity index (χ4n) is 4.06. The van der Waals surface area contributed by atoms with E-state index in [1.54, 1.807) is 14.0 Å². The molecule has 0 unspecified atom stereocenters. The molecule has 0 spiro atoms. The van der Waals surface area contributed by atoms with Gasteiger partial charge in [-0.2, -0.15) is 0 Å². The Morgan fingerprint density at radius 2 is 1.68 bits per heavy atom. The number of nitrogens with zero attached hydrogens (tertiary/aromatic N) is 5. The van der Waals surface area contributed by atoms with Gasteiger partial charge in [-0.25, -0.2) is 0 Å². The van der Waals surface area contributed by atoms with Crippen LogP contribution in [0.15, 0.2) is 29.3 Å². The monoisotopic (exact) mass is 544 g/mol. The van der Waals surface area contributed by atoms with Gasteiger partial charge in [0.05, 0.1) is 19.3 Å². The molecule has 2 aliphatic rings. The van der Waals surface area contributed by atoms with E-state index in [2.05, 4.69) is 39.1 Å². The normalized spacial score (nSPS) is 17.9. The van der Waals surface area contributed by atoms with Gasteiger partial charge in [-0.15, -0.1) is 24.0 Å². The van der Waals surface area contributed by atoms with Crippen LogP contribution in [0.1, 0.15) is 13.8 Å². The molecule has 2 fully saturated rings. The Labute approximate surface area is 203 Å². The van der Waals surface area contributed by atoms with Crippen LogP contribution in [-0.4, -0.2) is 106 Å². The molecule has 0 bridgehead atoms. The first kappa shape index (κ1) is 25.5. The predicted molar refractivity (Wildman–Crippen MR) is 137 cm³/mol. The summed E-state index contributed by atoms with van der Waals surface area (Å²) in [6.07, 6.45) is 0. The molecule has 0 radical (unpaired) electrons. The molecule has 174 valence electrons. The number of methoxy groups -OCH3 is 1. The zero-order valence-corrected chi connectivity index (χ0v) is 21.4. The van der Waals surface area contributed by atoms with Crippen LogP contribution in [-0.2, 0) is 4.79 Å². The van der Waals surface area contributed by atoms with Gasteiger partial charge in [-0.1, -0.05) is 12.1 Å². The number of guanidine groups is 1. The summed E-state index contributed by atoms with van der Waals surface area (Å²) in [7, 11) is 1.73. The fraction of sp³-hybridized carbons (Fsp3) is 0.636. The third-order valence-electron chi connectivity index (χ3n) is 5.84. The van der Waals surface area contributed by atoms with E-state index in [1.165, 1.54) is 0 Å². The summed E-state index contributed by atoms with van der Waals surface area (Å²) in [4.78, 5) is 25.4. The van der Waals surface area contributed by atoms with Gasteiger partial charge in [0, 0.05) is 72.4 Å². The topological polar surface area (TPSA) is 63.7 Å². The summed E-state index contributed by atoms with van der Waals surface area (Å²) in [6, 6.07) is 8.21. The number of anilines is 1. The van der Waals surface area contributed by atoms with Crippen LogP contribution in [0.3, 0.4) is 0 Å². The molecule has 9 heteroatoms. The molecule has 2 saturated heterocycles. The van der Waals surface area contributed by atoms with Gasteiger partial charge in [0.2, 0.25) is 5.91 Å². The molecule has 0 saturated carbocycles. The highest BCUT2D eigenvalue weighted by atomic mass is 127. The van der Waals surface area contributed by atoms with E-state index in [-0.39, 0.29) is 29.9 Å². The van der Waals surface area contributed by atoms with E-state index >= 15 is 0 Å². The van der Waals surface area contributed by atoms with Crippen molar-refractivity contribution in [2.24, 2.45) is 4.99 Å². The lowest BCUT2D eigenvalue weighted by Gasteiger charge is -2.38. The second kappa shape index (κ2) is 12.9. The van der Waals surface area contributed by atoms with Crippen molar-refractivity contribution < 1.29 is 9.53 Å². The maximum absolute atomic E-state index is 11.5. The van der Waals surface area contributed by atoms with Crippen LogP contribution < -0.4 is 15.0 Å². The van der Waals surface area contributed by atoms with Gasteiger partial charge >= 0.3 is 0 Å². The maximum Gasteiger partial charge on any atom is 0.219 e. The number of carbonyl (C=O) groups excluding carboxylic acids is 1. The van der Waals surface area contributed by atoms with Gasteiger partial charge in [0.15, 0.2) is 5.96 Å². The van der Waals surface area contributed by atoms with Crippen LogP contribution in [0.4, 0.5) is 5.69 Å². The van der Waals surface area contributed by atoms with Crippen molar-refractivity contribution in [1.82, 2.24) is 20.0 Å². The summed E-state index contributed by atoms with van der Waals surface area (Å²) in [5.41, 5.74) is 1.16. The molecule has 0 aliphatic carbocycles. The fourth-order valence-corrected chi connectivity index (χ4v) is 4.06. The third kappa shape index (κ3) is 7.13. The van der Waals surface area contributed by atoms with E-state index < -0.39 is 0 Å². The molecular formula is C22H37IN6O2. The van der Waals surface area contributed by atoms with Crippen molar-refractivity contribution in [2.75, 3.05) is 84.0 Å². The summed E-state index contributed by atoms with van der Waals surface area (Å²) in [6.45, 7) is 13.6. The number of ether oxygens (including phenoxy) is 1. The standard InChI is InChI=1S/C22H36N6O2.HI/c1-4-23-22(24-9-10-25-11-13-26(14-12-25)19(2)29)28-17-15-27(16-18-28)20-7-5-6-8-21(20)30-3;/h5-8H,4,9-18H2,1-3H3,(H,23,24);1H. The van der Waals surface area contributed by atoms with Crippen LogP contribution in [0.5, 0.6) is 5.75 Å². The minimum absolute atomic E-state index is 0. The van der Waals surface area contributed by atoms with Gasteiger partial charge in [0.1, 0.15) is 5.75 Å². The van der Waals surface area contributed by atoms with Crippen molar-refractivity contribution in [3.05, 3.63) is 24.3 Å². The Balaban J connectivity index is 0.00000341. The van der Waals surface area contributed by atoms with Gasteiger partial charge in [0.25, 0.3) is 0 Å². The van der Waals surface area contributed by atoms with Gasteiger partial charge in [-0.05, 0) is 19.1 Å². The number of aliphatic imine (C=N–C) groups is 1. The quantitative estimate of drug-likeness (QED) is 0.334. The number of amides is 1. The second-order valence-electron chi connectivity index (χ2n) is 7.73. The third-order valence-corrected chi connectivity index (χ3v) is 5.84. The second-order valence-corrected chi connectivity index (χ2v) is 7.73. The Morgan fingerprint density at radius 1 is 1.03 bits per heavy atom. The summed E-state index contributed by atoms with van der Waals surface area (Å²) >= 11 is 0. The zero-order valence-electron chi connectivity index (χ0n) is 19.0. The SMILES string of the molecule is CCNC(=NCCN1CCN(C(C)=O)CC1)N1CCN(c2ccccc2OC)CC1.I. The molecule has 2 aliphatic heterocycles. The van der Waals surface area contributed by atoms with E-state index in [0.717, 1.165) is 89.4 Å². The highest BCUT2D eigenvalue weighted by molar-refractivity contribution is 14.0. The van der Waals surface area contributed by atoms with Crippen molar-refractivity contribution >= 4 is 41.5 Å². The lowest BCUT2D eigenvalue weighted by Crippen LogP contribution is -2.53. The molecule has 1 aromatic rings. The molecule has 3 rings (SSSR count). The minimum atomic E-state index is 0. The number of para-hydroxylation sites is 2. The summed E-state index contributed by atoms with van der Waals surface area (Å²) in [5.74, 6) is 2.10.